The van der Waals surface area contributed by atoms with Crippen LogP contribution in [0.15, 0.2) is 24.3 Å². The molecule has 1 aromatic carbocycles. The third-order valence-electron chi connectivity index (χ3n) is 3.96. The Kier molecular flexibility index (Phi) is 3.72. The largest absolute Gasteiger partial charge is 0.480 e. The van der Waals surface area contributed by atoms with E-state index in [1.165, 1.54) is 4.70 Å². The van der Waals surface area contributed by atoms with Crippen LogP contribution in [-0.4, -0.2) is 33.5 Å². The van der Waals surface area contributed by atoms with Crippen LogP contribution < -0.4 is 0 Å². The second-order valence-electron chi connectivity index (χ2n) is 5.18. The van der Waals surface area contributed by atoms with Crippen molar-refractivity contribution in [2.75, 3.05) is 6.54 Å². The van der Waals surface area contributed by atoms with E-state index < -0.39 is 12.0 Å². The summed E-state index contributed by atoms with van der Waals surface area (Å²) in [6.07, 6.45) is 2.69. The second-order valence-corrected chi connectivity index (χ2v) is 6.24. The highest BCUT2D eigenvalue weighted by Crippen LogP contribution is 2.38. The summed E-state index contributed by atoms with van der Waals surface area (Å²) in [5.74, 6) is -0.722. The van der Waals surface area contributed by atoms with Crippen molar-refractivity contribution in [1.82, 2.24) is 9.88 Å². The van der Waals surface area contributed by atoms with Crippen LogP contribution in [0.25, 0.3) is 10.2 Å². The van der Waals surface area contributed by atoms with Gasteiger partial charge in [-0.2, -0.15) is 0 Å². The quantitative estimate of drug-likeness (QED) is 0.938. The van der Waals surface area contributed by atoms with Crippen LogP contribution in [0.4, 0.5) is 0 Å². The molecule has 0 bridgehead atoms. The summed E-state index contributed by atoms with van der Waals surface area (Å²) in [5, 5.41) is 10.4. The van der Waals surface area contributed by atoms with Crippen LogP contribution in [-0.2, 0) is 4.79 Å². The highest BCUT2D eigenvalue weighted by atomic mass is 32.1. The summed E-state index contributed by atoms with van der Waals surface area (Å²) in [5.41, 5.74) is 1.02. The fraction of sp³-hybridized carbons (Fsp3) is 0.467. The van der Waals surface area contributed by atoms with Gasteiger partial charge in [0.2, 0.25) is 0 Å². The first-order valence-corrected chi connectivity index (χ1v) is 7.86. The minimum absolute atomic E-state index is 0.161. The Morgan fingerprint density at radius 3 is 3.05 bits per heavy atom. The molecule has 1 aliphatic heterocycles. The molecule has 0 amide bonds. The van der Waals surface area contributed by atoms with Gasteiger partial charge in [-0.15, -0.1) is 11.3 Å². The maximum absolute atomic E-state index is 11.4. The van der Waals surface area contributed by atoms with Gasteiger partial charge >= 0.3 is 5.97 Å². The Hall–Kier alpha value is -1.46. The molecule has 4 nitrogen and oxygen atoms in total. The first-order valence-electron chi connectivity index (χ1n) is 7.04. The van der Waals surface area contributed by atoms with E-state index in [4.69, 9.17) is 4.98 Å². The molecule has 2 heterocycles. The fourth-order valence-electron chi connectivity index (χ4n) is 3.01. The Balaban J connectivity index is 1.93. The third kappa shape index (κ3) is 2.31. The molecule has 5 heteroatoms. The highest BCUT2D eigenvalue weighted by molar-refractivity contribution is 7.18. The molecule has 0 unspecified atom stereocenters. The van der Waals surface area contributed by atoms with Gasteiger partial charge in [-0.3, -0.25) is 9.69 Å². The average molecular weight is 290 g/mol. The van der Waals surface area contributed by atoms with E-state index in [9.17, 15) is 9.90 Å². The summed E-state index contributed by atoms with van der Waals surface area (Å²) < 4.78 is 1.18. The van der Waals surface area contributed by atoms with Crippen LogP contribution in [0.5, 0.6) is 0 Å². The van der Waals surface area contributed by atoms with Gasteiger partial charge in [0.25, 0.3) is 0 Å². The number of benzene rings is 1. The molecule has 0 aliphatic carbocycles. The molecule has 106 valence electrons. The van der Waals surface area contributed by atoms with Gasteiger partial charge < -0.3 is 5.11 Å². The first kappa shape index (κ1) is 13.5. The van der Waals surface area contributed by atoms with E-state index in [1.54, 1.807) is 11.3 Å². The van der Waals surface area contributed by atoms with Gasteiger partial charge in [-0.1, -0.05) is 19.1 Å². The van der Waals surface area contributed by atoms with Crippen LogP contribution in [0.1, 0.15) is 37.2 Å². The number of hydrogen-bond acceptors (Lipinski definition) is 4. The standard InChI is InChI=1S/C15H18N2O2S/c1-2-11(15(18)19)17-9-5-7-12(17)14-16-10-6-3-4-8-13(10)20-14/h3-4,6,8,11-12H,2,5,7,9H2,1H3,(H,18,19)/t11-,12+/m0/s1. The zero-order valence-electron chi connectivity index (χ0n) is 11.5. The van der Waals surface area contributed by atoms with Crippen molar-refractivity contribution in [3.05, 3.63) is 29.3 Å². The van der Waals surface area contributed by atoms with E-state index >= 15 is 0 Å². The number of carbonyl (C=O) groups is 1. The molecule has 0 spiro atoms. The smallest absolute Gasteiger partial charge is 0.320 e. The van der Waals surface area contributed by atoms with Crippen LogP contribution in [0, 0.1) is 0 Å². The van der Waals surface area contributed by atoms with Crippen LogP contribution in [0.3, 0.4) is 0 Å². The number of carboxylic acids is 1. The molecule has 3 rings (SSSR count). The van der Waals surface area contributed by atoms with Crippen molar-refractivity contribution in [2.45, 2.75) is 38.3 Å². The number of nitrogens with zero attached hydrogens (tertiary/aromatic N) is 2. The summed E-state index contributed by atoms with van der Waals surface area (Å²) in [6.45, 7) is 2.79. The predicted octanol–water partition coefficient (Wildman–Crippen LogP) is 3.30. The van der Waals surface area contributed by atoms with Crippen molar-refractivity contribution in [3.8, 4) is 0 Å². The molecule has 1 aliphatic rings. The number of likely N-dealkylation sites (tertiary alicyclic amines) is 1. The minimum Gasteiger partial charge on any atom is -0.480 e. The maximum atomic E-state index is 11.4. The van der Waals surface area contributed by atoms with E-state index in [-0.39, 0.29) is 6.04 Å². The van der Waals surface area contributed by atoms with Gasteiger partial charge in [0.15, 0.2) is 0 Å². The Morgan fingerprint density at radius 1 is 1.55 bits per heavy atom. The molecule has 20 heavy (non-hydrogen) atoms. The number of aromatic nitrogens is 1. The highest BCUT2D eigenvalue weighted by Gasteiger charge is 2.36. The summed E-state index contributed by atoms with van der Waals surface area (Å²) in [4.78, 5) is 18.2. The molecule has 0 radical (unpaired) electrons. The average Bonchev–Trinajstić information content (AvgIpc) is 3.04. The van der Waals surface area contributed by atoms with Crippen molar-refractivity contribution in [3.63, 3.8) is 0 Å². The molecule has 2 atom stereocenters. The van der Waals surface area contributed by atoms with Gasteiger partial charge in [0, 0.05) is 0 Å². The number of aliphatic carboxylic acids is 1. The van der Waals surface area contributed by atoms with E-state index in [1.807, 2.05) is 25.1 Å². The minimum atomic E-state index is -0.722. The Bertz CT molecular complexity index is 592. The van der Waals surface area contributed by atoms with Gasteiger partial charge in [-0.05, 0) is 37.9 Å². The van der Waals surface area contributed by atoms with Gasteiger partial charge in [0.05, 0.1) is 16.3 Å². The number of para-hydroxylation sites is 1. The lowest BCUT2D eigenvalue weighted by Crippen LogP contribution is -2.40. The van der Waals surface area contributed by atoms with Gasteiger partial charge in [0.1, 0.15) is 11.0 Å². The van der Waals surface area contributed by atoms with E-state index in [0.29, 0.717) is 6.42 Å². The zero-order valence-corrected chi connectivity index (χ0v) is 12.3. The first-order chi connectivity index (χ1) is 9.70. The normalized spacial score (nSPS) is 21.4. The number of carboxylic acid groups (broad SMARTS) is 1. The third-order valence-corrected chi connectivity index (χ3v) is 5.10. The number of rotatable bonds is 4. The SMILES string of the molecule is CC[C@@H](C(=O)O)N1CCC[C@@H]1c1nc2ccccc2s1. The molecule has 1 saturated heterocycles. The topological polar surface area (TPSA) is 53.4 Å². The molecular formula is C15H18N2O2S. The molecular weight excluding hydrogens is 272 g/mol. The predicted molar refractivity (Wildman–Crippen MR) is 80.0 cm³/mol. The van der Waals surface area contributed by atoms with Crippen LogP contribution >= 0.6 is 11.3 Å². The van der Waals surface area contributed by atoms with Crippen molar-refractivity contribution < 1.29 is 9.90 Å². The second kappa shape index (κ2) is 5.50. The zero-order chi connectivity index (χ0) is 14.1. The monoisotopic (exact) mass is 290 g/mol. The van der Waals surface area contributed by atoms with E-state index in [2.05, 4.69) is 11.0 Å². The summed E-state index contributed by atoms with van der Waals surface area (Å²) >= 11 is 1.69. The van der Waals surface area contributed by atoms with Crippen molar-refractivity contribution >= 4 is 27.5 Å². The van der Waals surface area contributed by atoms with Crippen LogP contribution in [0.2, 0.25) is 0 Å². The lowest BCUT2D eigenvalue weighted by molar-refractivity contribution is -0.143. The number of hydrogen-bond donors (Lipinski definition) is 1. The lowest BCUT2D eigenvalue weighted by Gasteiger charge is -2.28. The number of fused-ring (bicyclic) bond motifs is 1. The molecule has 1 fully saturated rings. The van der Waals surface area contributed by atoms with E-state index in [0.717, 1.165) is 29.9 Å². The molecule has 0 saturated carbocycles. The lowest BCUT2D eigenvalue weighted by atomic mass is 10.1. The molecule has 1 aromatic heterocycles. The Morgan fingerprint density at radius 2 is 2.35 bits per heavy atom. The van der Waals surface area contributed by atoms with Crippen molar-refractivity contribution in [1.29, 1.82) is 0 Å². The molecule has 1 N–H and O–H groups in total. The number of thiazole rings is 1. The van der Waals surface area contributed by atoms with Gasteiger partial charge in [-0.25, -0.2) is 4.98 Å². The summed E-state index contributed by atoms with van der Waals surface area (Å²) in [6, 6.07) is 7.86. The Labute approximate surface area is 122 Å². The maximum Gasteiger partial charge on any atom is 0.320 e. The molecule has 2 aromatic rings. The summed E-state index contributed by atoms with van der Waals surface area (Å²) in [7, 11) is 0. The fourth-order valence-corrected chi connectivity index (χ4v) is 4.13. The van der Waals surface area contributed by atoms with Crippen molar-refractivity contribution in [2.24, 2.45) is 0 Å².